The topological polar surface area (TPSA) is 88.1 Å². The number of phenols is 1. The van der Waals surface area contributed by atoms with Crippen molar-refractivity contribution >= 4 is 28.7 Å². The molecule has 0 heterocycles. The fourth-order valence-corrected chi connectivity index (χ4v) is 3.15. The third-order valence-corrected chi connectivity index (χ3v) is 4.46. The summed E-state index contributed by atoms with van der Waals surface area (Å²) in [4.78, 5) is 11.2. The molecule has 0 spiro atoms. The van der Waals surface area contributed by atoms with E-state index in [1.165, 1.54) is 6.07 Å². The van der Waals surface area contributed by atoms with Crippen molar-refractivity contribution < 1.29 is 10.0 Å². The molecule has 0 saturated carbocycles. The molecule has 0 aliphatic rings. The Morgan fingerprint density at radius 1 is 0.963 bits per heavy atom. The predicted octanol–water partition coefficient (Wildman–Crippen LogP) is 6.96. The predicted molar refractivity (Wildman–Crippen MR) is 108 cm³/mol. The number of hydrogen-bond donors (Lipinski definition) is 1. The highest BCUT2D eigenvalue weighted by Gasteiger charge is 2.31. The second kappa shape index (κ2) is 7.27. The zero-order valence-corrected chi connectivity index (χ0v) is 17.1. The average molecular weight is 390 g/mol. The van der Waals surface area contributed by atoms with Gasteiger partial charge in [-0.1, -0.05) is 59.2 Å². The number of nitrogens with zero attached hydrogens (tertiary/aromatic N) is 3. The molecule has 27 heavy (non-hydrogen) atoms. The molecule has 144 valence electrons. The van der Waals surface area contributed by atoms with E-state index in [0.717, 1.165) is 5.56 Å². The molecule has 0 aliphatic carbocycles. The Labute approximate surface area is 164 Å². The van der Waals surface area contributed by atoms with E-state index in [0.29, 0.717) is 10.6 Å². The van der Waals surface area contributed by atoms with E-state index >= 15 is 0 Å². The zero-order chi connectivity index (χ0) is 20.6. The van der Waals surface area contributed by atoms with E-state index in [2.05, 4.69) is 10.2 Å². The van der Waals surface area contributed by atoms with Crippen LogP contribution in [0.4, 0.5) is 17.1 Å². The summed E-state index contributed by atoms with van der Waals surface area (Å²) >= 11 is 6.23. The maximum Gasteiger partial charge on any atom is 0.301 e. The monoisotopic (exact) mass is 389 g/mol. The van der Waals surface area contributed by atoms with Gasteiger partial charge in [0.05, 0.1) is 15.5 Å². The van der Waals surface area contributed by atoms with Crippen molar-refractivity contribution in [3.8, 4) is 5.75 Å². The first-order valence-corrected chi connectivity index (χ1v) is 8.93. The van der Waals surface area contributed by atoms with Crippen LogP contribution in [0.15, 0.2) is 40.6 Å². The summed E-state index contributed by atoms with van der Waals surface area (Å²) in [5.74, 6) is -0.0422. The summed E-state index contributed by atoms with van der Waals surface area (Å²) in [5, 5.41) is 30.2. The van der Waals surface area contributed by atoms with Gasteiger partial charge in [0.1, 0.15) is 11.4 Å². The van der Waals surface area contributed by atoms with Gasteiger partial charge in [0, 0.05) is 0 Å². The second-order valence-corrected chi connectivity index (χ2v) is 8.86. The maximum atomic E-state index is 11.7. The Hall–Kier alpha value is -2.47. The molecule has 0 aromatic heterocycles. The smallest absolute Gasteiger partial charge is 0.301 e. The van der Waals surface area contributed by atoms with Crippen LogP contribution < -0.4 is 0 Å². The fraction of sp³-hybridized carbons (Fsp3) is 0.400. The van der Waals surface area contributed by atoms with E-state index in [1.807, 2.05) is 47.6 Å². The van der Waals surface area contributed by atoms with Crippen LogP contribution in [0.3, 0.4) is 0 Å². The van der Waals surface area contributed by atoms with Gasteiger partial charge in [-0.3, -0.25) is 10.1 Å². The summed E-state index contributed by atoms with van der Waals surface area (Å²) < 4.78 is 0. The van der Waals surface area contributed by atoms with Crippen molar-refractivity contribution in [2.24, 2.45) is 10.2 Å². The Morgan fingerprint density at radius 3 is 2.07 bits per heavy atom. The molecule has 0 radical (unpaired) electrons. The Bertz CT molecular complexity index is 910. The normalized spacial score (nSPS) is 12.6. The van der Waals surface area contributed by atoms with Gasteiger partial charge in [0.2, 0.25) is 0 Å². The van der Waals surface area contributed by atoms with Gasteiger partial charge in [0.15, 0.2) is 5.69 Å². The number of aromatic hydroxyl groups is 1. The van der Waals surface area contributed by atoms with Crippen LogP contribution in [0.5, 0.6) is 5.75 Å². The second-order valence-electron chi connectivity index (χ2n) is 8.45. The van der Waals surface area contributed by atoms with Crippen molar-refractivity contribution in [3.63, 3.8) is 0 Å². The summed E-state index contributed by atoms with van der Waals surface area (Å²) in [5.41, 5.74) is 0.862. The number of azo groups is 1. The first kappa shape index (κ1) is 20.8. The standard InChI is InChI=1S/C20H24ClN3O3/c1-19(2,3)12-7-10-16(25)15(11-12)23-22-14-9-8-13(21)17(20(4,5)6)18(14)24(26)27/h7-11,25H,1-6H3/b23-22+. The van der Waals surface area contributed by atoms with Crippen molar-refractivity contribution in [1.82, 2.24) is 0 Å². The van der Waals surface area contributed by atoms with Crippen LogP contribution in [0.1, 0.15) is 52.7 Å². The maximum absolute atomic E-state index is 11.7. The van der Waals surface area contributed by atoms with Crippen molar-refractivity contribution in [1.29, 1.82) is 0 Å². The minimum atomic E-state index is -0.542. The molecule has 2 aromatic rings. The third-order valence-electron chi connectivity index (χ3n) is 4.15. The Balaban J connectivity index is 2.60. The molecule has 2 rings (SSSR count). The van der Waals surface area contributed by atoms with Gasteiger partial charge in [-0.25, -0.2) is 0 Å². The molecule has 1 N–H and O–H groups in total. The van der Waals surface area contributed by atoms with Gasteiger partial charge in [-0.15, -0.1) is 10.2 Å². The quantitative estimate of drug-likeness (QED) is 0.349. The van der Waals surface area contributed by atoms with Crippen LogP contribution in [-0.2, 0) is 10.8 Å². The van der Waals surface area contributed by atoms with Crippen molar-refractivity contribution in [2.45, 2.75) is 52.4 Å². The highest BCUT2D eigenvalue weighted by Crippen LogP contribution is 2.43. The Morgan fingerprint density at radius 2 is 1.56 bits per heavy atom. The first-order chi connectivity index (χ1) is 12.3. The molecular formula is C20H24ClN3O3. The molecular weight excluding hydrogens is 366 g/mol. The molecule has 7 heteroatoms. The highest BCUT2D eigenvalue weighted by molar-refractivity contribution is 6.32. The van der Waals surface area contributed by atoms with Gasteiger partial charge in [-0.05, 0) is 40.7 Å². The zero-order valence-electron chi connectivity index (χ0n) is 16.4. The van der Waals surface area contributed by atoms with E-state index in [1.54, 1.807) is 18.2 Å². The molecule has 0 unspecified atom stereocenters. The number of phenolic OH excluding ortho intramolecular Hbond substituents is 1. The van der Waals surface area contributed by atoms with E-state index in [9.17, 15) is 15.2 Å². The van der Waals surface area contributed by atoms with Gasteiger partial charge in [-0.2, -0.15) is 0 Å². The minimum Gasteiger partial charge on any atom is -0.506 e. The van der Waals surface area contributed by atoms with Gasteiger partial charge in [0.25, 0.3) is 0 Å². The number of hydrogen-bond acceptors (Lipinski definition) is 5. The molecule has 0 aliphatic heterocycles. The van der Waals surface area contributed by atoms with Crippen molar-refractivity contribution in [3.05, 3.63) is 56.6 Å². The number of halogens is 1. The summed E-state index contributed by atoms with van der Waals surface area (Å²) in [6.07, 6.45) is 0. The lowest BCUT2D eigenvalue weighted by atomic mass is 9.85. The number of nitro groups is 1. The summed E-state index contributed by atoms with van der Waals surface area (Å²) in [6, 6.07) is 8.13. The highest BCUT2D eigenvalue weighted by atomic mass is 35.5. The molecule has 0 fully saturated rings. The van der Waals surface area contributed by atoms with Crippen LogP contribution in [0.25, 0.3) is 0 Å². The number of nitro benzene ring substituents is 1. The lowest BCUT2D eigenvalue weighted by Gasteiger charge is -2.20. The molecule has 0 atom stereocenters. The van der Waals surface area contributed by atoms with Crippen LogP contribution in [-0.4, -0.2) is 10.0 Å². The fourth-order valence-electron chi connectivity index (χ4n) is 2.71. The van der Waals surface area contributed by atoms with Crippen molar-refractivity contribution in [2.75, 3.05) is 0 Å². The van der Waals surface area contributed by atoms with Gasteiger partial charge >= 0.3 is 5.69 Å². The minimum absolute atomic E-state index is 0.0422. The lowest BCUT2D eigenvalue weighted by molar-refractivity contribution is -0.385. The molecule has 0 bridgehead atoms. The summed E-state index contributed by atoms with van der Waals surface area (Å²) in [6.45, 7) is 11.7. The first-order valence-electron chi connectivity index (χ1n) is 8.55. The molecule has 0 saturated heterocycles. The van der Waals surface area contributed by atoms with E-state index in [-0.39, 0.29) is 28.2 Å². The van der Waals surface area contributed by atoms with Gasteiger partial charge < -0.3 is 5.11 Å². The largest absolute Gasteiger partial charge is 0.506 e. The molecule has 6 nitrogen and oxygen atoms in total. The van der Waals surface area contributed by atoms with E-state index < -0.39 is 10.3 Å². The molecule has 0 amide bonds. The third kappa shape index (κ3) is 4.63. The summed E-state index contributed by atoms with van der Waals surface area (Å²) in [7, 11) is 0. The van der Waals surface area contributed by atoms with Crippen LogP contribution >= 0.6 is 11.6 Å². The number of rotatable bonds is 3. The van der Waals surface area contributed by atoms with Crippen LogP contribution in [0, 0.1) is 10.1 Å². The SMILES string of the molecule is CC(C)(C)c1ccc(O)c(/N=N/c2ccc(Cl)c(C(C)(C)C)c2[N+](=O)[O-])c1. The Kier molecular flexibility index (Phi) is 5.61. The average Bonchev–Trinajstić information content (AvgIpc) is 2.52. The molecule has 2 aromatic carbocycles. The van der Waals surface area contributed by atoms with E-state index in [4.69, 9.17) is 11.6 Å². The lowest BCUT2D eigenvalue weighted by Crippen LogP contribution is -2.14. The number of benzene rings is 2. The van der Waals surface area contributed by atoms with Crippen LogP contribution in [0.2, 0.25) is 5.02 Å².